The molecule has 0 spiro atoms. The highest BCUT2D eigenvalue weighted by atomic mass is 35.5. The quantitative estimate of drug-likeness (QED) is 0.178. The van der Waals surface area contributed by atoms with Crippen LogP contribution in [0.15, 0.2) is 73.6 Å². The highest BCUT2D eigenvalue weighted by Gasteiger charge is 2.27. The van der Waals surface area contributed by atoms with Crippen LogP contribution in [0.2, 0.25) is 5.02 Å². The van der Waals surface area contributed by atoms with Crippen LogP contribution in [0.25, 0.3) is 10.9 Å². The van der Waals surface area contributed by atoms with Crippen molar-refractivity contribution in [3.63, 3.8) is 0 Å². The van der Waals surface area contributed by atoms with Crippen molar-refractivity contribution in [2.45, 2.75) is 19.4 Å². The van der Waals surface area contributed by atoms with Gasteiger partial charge in [-0.15, -0.1) is 0 Å². The number of likely N-dealkylation sites (tertiary alicyclic amines) is 1. The number of fused-ring (bicyclic) bond motifs is 1. The van der Waals surface area contributed by atoms with Gasteiger partial charge < -0.3 is 29.7 Å². The van der Waals surface area contributed by atoms with Crippen LogP contribution in [0.1, 0.15) is 18.4 Å². The third kappa shape index (κ3) is 8.83. The molecule has 256 valence electrons. The fourth-order valence-electron chi connectivity index (χ4n) is 5.86. The van der Waals surface area contributed by atoms with Gasteiger partial charge in [-0.2, -0.15) is 0 Å². The second-order valence-corrected chi connectivity index (χ2v) is 12.3. The molecule has 0 aliphatic carbocycles. The number of nitrogens with zero attached hydrogens (tertiary/aromatic N) is 4. The second-order valence-electron chi connectivity index (χ2n) is 11.9. The van der Waals surface area contributed by atoms with E-state index >= 15 is 0 Å². The van der Waals surface area contributed by atoms with E-state index in [1.165, 1.54) is 24.5 Å². The van der Waals surface area contributed by atoms with Gasteiger partial charge in [0, 0.05) is 55.8 Å². The first kappa shape index (κ1) is 34.1. The Morgan fingerprint density at radius 1 is 1.02 bits per heavy atom. The molecular weight excluding hydrogens is 651 g/mol. The maximum absolute atomic E-state index is 13.6. The Morgan fingerprint density at radius 3 is 2.59 bits per heavy atom. The number of ether oxygens (including phenoxy) is 3. The molecule has 49 heavy (non-hydrogen) atoms. The van der Waals surface area contributed by atoms with Gasteiger partial charge in [-0.1, -0.05) is 30.3 Å². The van der Waals surface area contributed by atoms with Crippen molar-refractivity contribution >= 4 is 51.5 Å². The number of nitrogens with one attached hydrogen (secondary N) is 2. The average Bonchev–Trinajstić information content (AvgIpc) is 3.12. The van der Waals surface area contributed by atoms with Crippen LogP contribution in [0.4, 0.5) is 21.6 Å². The summed E-state index contributed by atoms with van der Waals surface area (Å²) in [6.45, 7) is 8.89. The van der Waals surface area contributed by atoms with E-state index in [2.05, 4.69) is 32.1 Å². The third-order valence-electron chi connectivity index (χ3n) is 8.59. The van der Waals surface area contributed by atoms with E-state index in [4.69, 9.17) is 25.8 Å². The molecule has 3 aromatic carbocycles. The predicted octanol–water partition coefficient (Wildman–Crippen LogP) is 5.82. The van der Waals surface area contributed by atoms with Crippen LogP contribution in [-0.2, 0) is 20.9 Å². The molecule has 2 aliphatic heterocycles. The smallest absolute Gasteiger partial charge is 0.245 e. The van der Waals surface area contributed by atoms with Gasteiger partial charge in [0.05, 0.1) is 29.4 Å². The highest BCUT2D eigenvalue weighted by molar-refractivity contribution is 6.32. The first-order valence-corrected chi connectivity index (χ1v) is 16.6. The summed E-state index contributed by atoms with van der Waals surface area (Å²) in [4.78, 5) is 38.5. The molecule has 4 aromatic rings. The first-order chi connectivity index (χ1) is 23.9. The zero-order valence-corrected chi connectivity index (χ0v) is 27.8. The number of hydrogen-bond donors (Lipinski definition) is 2. The second kappa shape index (κ2) is 16.1. The fourth-order valence-corrected chi connectivity index (χ4v) is 6.09. The lowest BCUT2D eigenvalue weighted by atomic mass is 9.95. The van der Waals surface area contributed by atoms with E-state index in [9.17, 15) is 14.0 Å². The molecular formula is C36H38ClFN6O5. The average molecular weight is 689 g/mol. The van der Waals surface area contributed by atoms with Crippen molar-refractivity contribution in [3.8, 4) is 11.5 Å². The van der Waals surface area contributed by atoms with Crippen molar-refractivity contribution in [3.05, 3.63) is 90.0 Å². The lowest BCUT2D eigenvalue weighted by Crippen LogP contribution is -2.40. The summed E-state index contributed by atoms with van der Waals surface area (Å²) in [6.07, 6.45) is 3.85. The summed E-state index contributed by atoms with van der Waals surface area (Å²) in [6, 6.07) is 15.1. The molecule has 6 rings (SSSR count). The van der Waals surface area contributed by atoms with Crippen LogP contribution in [0.3, 0.4) is 0 Å². The van der Waals surface area contributed by atoms with Gasteiger partial charge in [-0.05, 0) is 60.9 Å². The van der Waals surface area contributed by atoms with Gasteiger partial charge in [-0.25, -0.2) is 14.4 Å². The molecule has 13 heteroatoms. The Kier molecular flexibility index (Phi) is 11.2. The Balaban J connectivity index is 1.20. The zero-order chi connectivity index (χ0) is 34.2. The lowest BCUT2D eigenvalue weighted by Gasteiger charge is -2.30. The summed E-state index contributed by atoms with van der Waals surface area (Å²) >= 11 is 6.55. The molecule has 0 saturated carbocycles. The van der Waals surface area contributed by atoms with Crippen LogP contribution in [-0.4, -0.2) is 84.1 Å². The number of carbonyl (C=O) groups is 2. The number of carbonyl (C=O) groups excluding carboxylic acids is 2. The normalized spacial score (nSPS) is 15.5. The van der Waals surface area contributed by atoms with Crippen molar-refractivity contribution in [1.29, 1.82) is 0 Å². The number of piperidine rings is 1. The minimum atomic E-state index is -0.333. The maximum Gasteiger partial charge on any atom is 0.245 e. The molecule has 2 N–H and O–H groups in total. The van der Waals surface area contributed by atoms with E-state index in [0.717, 1.165) is 13.1 Å². The van der Waals surface area contributed by atoms with E-state index in [0.29, 0.717) is 102 Å². The van der Waals surface area contributed by atoms with Crippen molar-refractivity contribution in [1.82, 2.24) is 19.8 Å². The number of amides is 2. The molecule has 2 aliphatic rings. The molecule has 0 bridgehead atoms. The highest BCUT2D eigenvalue weighted by Crippen LogP contribution is 2.36. The molecule has 2 amide bonds. The summed E-state index contributed by atoms with van der Waals surface area (Å²) in [5.41, 5.74) is 2.46. The van der Waals surface area contributed by atoms with E-state index in [-0.39, 0.29) is 30.2 Å². The number of benzene rings is 3. The van der Waals surface area contributed by atoms with Gasteiger partial charge in [0.1, 0.15) is 42.7 Å². The van der Waals surface area contributed by atoms with Crippen LogP contribution in [0, 0.1) is 11.7 Å². The summed E-state index contributed by atoms with van der Waals surface area (Å²) in [5.74, 6) is 0.584. The minimum Gasteiger partial charge on any atom is -0.490 e. The number of morpholine rings is 1. The summed E-state index contributed by atoms with van der Waals surface area (Å²) < 4.78 is 31.1. The number of rotatable bonds is 12. The van der Waals surface area contributed by atoms with E-state index < -0.39 is 0 Å². The predicted molar refractivity (Wildman–Crippen MR) is 186 cm³/mol. The first-order valence-electron chi connectivity index (χ1n) is 16.2. The van der Waals surface area contributed by atoms with Gasteiger partial charge in [0.15, 0.2) is 0 Å². The molecule has 0 unspecified atom stereocenters. The lowest BCUT2D eigenvalue weighted by molar-refractivity contribution is -0.130. The van der Waals surface area contributed by atoms with Crippen LogP contribution >= 0.6 is 11.6 Å². The standard InChI is InChI=1S/C36H38ClFN6O5/c1-2-34(45)44-10-8-25(9-11-44)36(46)42-31-20-28-30(21-33(31)48-17-14-43-12-15-47-16-13-43)39-23-40-35(28)41-27-6-7-32(29(37)19-27)49-22-24-4-3-5-26(38)18-24/h2-7,18-21,23,25H,1,8-17,22H2,(H,42,46)(H,39,40,41). The number of hydrogen-bond acceptors (Lipinski definition) is 9. The fraction of sp³-hybridized carbons (Fsp3) is 0.333. The van der Waals surface area contributed by atoms with Gasteiger partial charge in [-0.3, -0.25) is 14.5 Å². The zero-order valence-electron chi connectivity index (χ0n) is 27.0. The molecule has 11 nitrogen and oxygen atoms in total. The third-order valence-corrected chi connectivity index (χ3v) is 8.89. The van der Waals surface area contributed by atoms with Gasteiger partial charge in [0.25, 0.3) is 0 Å². The topological polar surface area (TPSA) is 118 Å². The molecule has 2 saturated heterocycles. The Hall–Kier alpha value is -4.78. The molecule has 3 heterocycles. The molecule has 0 atom stereocenters. The Labute approximate surface area is 289 Å². The molecule has 1 aromatic heterocycles. The van der Waals surface area contributed by atoms with Crippen molar-refractivity contribution in [2.24, 2.45) is 5.92 Å². The van der Waals surface area contributed by atoms with Crippen molar-refractivity contribution in [2.75, 3.05) is 63.2 Å². The SMILES string of the molecule is C=CC(=O)N1CCC(C(=O)Nc2cc3c(Nc4ccc(OCc5cccc(F)c5)c(Cl)c4)ncnc3cc2OCCN2CCOCC2)CC1. The largest absolute Gasteiger partial charge is 0.490 e. The van der Waals surface area contributed by atoms with Gasteiger partial charge >= 0.3 is 0 Å². The molecule has 0 radical (unpaired) electrons. The summed E-state index contributed by atoms with van der Waals surface area (Å²) in [5, 5.41) is 7.43. The maximum atomic E-state index is 13.6. The van der Waals surface area contributed by atoms with Crippen LogP contribution < -0.4 is 20.1 Å². The Morgan fingerprint density at radius 2 is 1.84 bits per heavy atom. The van der Waals surface area contributed by atoms with Crippen molar-refractivity contribution < 1.29 is 28.2 Å². The summed E-state index contributed by atoms with van der Waals surface area (Å²) in [7, 11) is 0. The minimum absolute atomic E-state index is 0.128. The van der Waals surface area contributed by atoms with Crippen LogP contribution in [0.5, 0.6) is 11.5 Å². The Bertz CT molecular complexity index is 1810. The number of aromatic nitrogens is 2. The van der Waals surface area contributed by atoms with Gasteiger partial charge in [0.2, 0.25) is 11.8 Å². The number of halogens is 2. The van der Waals surface area contributed by atoms with E-state index in [1.54, 1.807) is 41.3 Å². The van der Waals surface area contributed by atoms with E-state index in [1.807, 2.05) is 6.07 Å². The number of anilines is 3. The monoisotopic (exact) mass is 688 g/mol. The molecule has 2 fully saturated rings.